The van der Waals surface area contributed by atoms with Crippen LogP contribution in [0.3, 0.4) is 0 Å². The summed E-state index contributed by atoms with van der Waals surface area (Å²) in [6.45, 7) is 2.05. The highest BCUT2D eigenvalue weighted by molar-refractivity contribution is 9.10. The molecule has 0 unspecified atom stereocenters. The molecule has 5 heteroatoms. The Morgan fingerprint density at radius 1 is 1.60 bits per heavy atom. The van der Waals surface area contributed by atoms with E-state index in [-0.39, 0.29) is 12.5 Å². The van der Waals surface area contributed by atoms with Gasteiger partial charge in [0.05, 0.1) is 7.11 Å². The standard InChI is InChI=1S/C10H13BrN2O2/c1-6-3-9(7(11)4-8(6)12)13-5-10(14)15-2/h3-4,13H,5,12H2,1-2H3. The number of carbonyl (C=O) groups excluding carboxylic acids is 1. The van der Waals surface area contributed by atoms with Crippen molar-refractivity contribution in [3.63, 3.8) is 0 Å². The van der Waals surface area contributed by atoms with E-state index in [0.29, 0.717) is 5.69 Å². The molecule has 0 atom stereocenters. The molecule has 0 heterocycles. The average molecular weight is 273 g/mol. The number of nitrogens with one attached hydrogen (secondary N) is 1. The number of esters is 1. The third kappa shape index (κ3) is 3.13. The Balaban J connectivity index is 2.77. The number of carbonyl (C=O) groups is 1. The maximum absolute atomic E-state index is 10.9. The summed E-state index contributed by atoms with van der Waals surface area (Å²) in [5.74, 6) is -0.309. The SMILES string of the molecule is COC(=O)CNc1cc(C)c(N)cc1Br. The number of hydrogen-bond donors (Lipinski definition) is 2. The van der Waals surface area contributed by atoms with E-state index in [9.17, 15) is 4.79 Å². The number of benzene rings is 1. The van der Waals surface area contributed by atoms with Gasteiger partial charge in [0.2, 0.25) is 0 Å². The van der Waals surface area contributed by atoms with Crippen LogP contribution in [-0.2, 0) is 9.53 Å². The molecule has 0 amide bonds. The van der Waals surface area contributed by atoms with Gasteiger partial charge in [-0.3, -0.25) is 4.79 Å². The van der Waals surface area contributed by atoms with E-state index < -0.39 is 0 Å². The van der Waals surface area contributed by atoms with Gasteiger partial charge in [-0.25, -0.2) is 0 Å². The van der Waals surface area contributed by atoms with Crippen molar-refractivity contribution in [1.82, 2.24) is 0 Å². The molecule has 4 nitrogen and oxygen atoms in total. The average Bonchev–Trinajstić information content (AvgIpc) is 2.21. The predicted octanol–water partition coefficient (Wildman–Crippen LogP) is 1.92. The third-order valence-electron chi connectivity index (χ3n) is 2.01. The minimum Gasteiger partial charge on any atom is -0.468 e. The summed E-state index contributed by atoms with van der Waals surface area (Å²) in [7, 11) is 1.35. The van der Waals surface area contributed by atoms with E-state index in [2.05, 4.69) is 26.0 Å². The molecule has 0 aliphatic rings. The maximum Gasteiger partial charge on any atom is 0.325 e. The third-order valence-corrected chi connectivity index (χ3v) is 2.66. The van der Waals surface area contributed by atoms with Gasteiger partial charge in [0, 0.05) is 15.8 Å². The highest BCUT2D eigenvalue weighted by Gasteiger charge is 2.05. The molecule has 1 aromatic carbocycles. The summed E-state index contributed by atoms with van der Waals surface area (Å²) in [6, 6.07) is 3.68. The molecule has 0 radical (unpaired) electrons. The lowest BCUT2D eigenvalue weighted by Gasteiger charge is -2.10. The number of ether oxygens (including phenoxy) is 1. The van der Waals surface area contributed by atoms with Crippen LogP contribution in [0, 0.1) is 6.92 Å². The zero-order valence-electron chi connectivity index (χ0n) is 8.63. The topological polar surface area (TPSA) is 64.3 Å². The second kappa shape index (κ2) is 5.02. The Labute approximate surface area is 96.9 Å². The molecule has 0 saturated heterocycles. The van der Waals surface area contributed by atoms with Gasteiger partial charge >= 0.3 is 5.97 Å². The second-order valence-electron chi connectivity index (χ2n) is 3.12. The highest BCUT2D eigenvalue weighted by Crippen LogP contribution is 2.27. The van der Waals surface area contributed by atoms with E-state index in [1.54, 1.807) is 6.07 Å². The number of hydrogen-bond acceptors (Lipinski definition) is 4. The summed E-state index contributed by atoms with van der Waals surface area (Å²) in [6.07, 6.45) is 0. The lowest BCUT2D eigenvalue weighted by molar-refractivity contribution is -0.138. The van der Waals surface area contributed by atoms with Crippen molar-refractivity contribution in [3.8, 4) is 0 Å². The number of methoxy groups -OCH3 is 1. The zero-order chi connectivity index (χ0) is 11.4. The molecule has 0 fully saturated rings. The number of rotatable bonds is 3. The summed E-state index contributed by atoms with van der Waals surface area (Å²) in [5.41, 5.74) is 8.23. The van der Waals surface area contributed by atoms with Crippen LogP contribution in [-0.4, -0.2) is 19.6 Å². The van der Waals surface area contributed by atoms with Crippen molar-refractivity contribution in [2.45, 2.75) is 6.92 Å². The van der Waals surface area contributed by atoms with Crippen LogP contribution in [0.1, 0.15) is 5.56 Å². The summed E-state index contributed by atoms with van der Waals surface area (Å²) < 4.78 is 5.35. The van der Waals surface area contributed by atoms with Gasteiger partial charge in [0.15, 0.2) is 0 Å². The number of halogens is 1. The van der Waals surface area contributed by atoms with Crippen molar-refractivity contribution < 1.29 is 9.53 Å². The highest BCUT2D eigenvalue weighted by atomic mass is 79.9. The van der Waals surface area contributed by atoms with Crippen LogP contribution in [0.15, 0.2) is 16.6 Å². The van der Waals surface area contributed by atoms with Crippen LogP contribution in [0.4, 0.5) is 11.4 Å². The molecule has 0 saturated carbocycles. The Bertz CT molecular complexity index is 380. The maximum atomic E-state index is 10.9. The van der Waals surface area contributed by atoms with E-state index in [1.807, 2.05) is 13.0 Å². The Kier molecular flexibility index (Phi) is 3.96. The Hall–Kier alpha value is -1.23. The number of aryl methyl sites for hydroxylation is 1. The summed E-state index contributed by atoms with van der Waals surface area (Å²) in [4.78, 5) is 10.9. The van der Waals surface area contributed by atoms with Crippen molar-refractivity contribution in [2.75, 3.05) is 24.7 Å². The predicted molar refractivity (Wildman–Crippen MR) is 63.8 cm³/mol. The molecular formula is C10H13BrN2O2. The molecule has 0 spiro atoms. The first-order valence-corrected chi connectivity index (χ1v) is 5.20. The normalized spacial score (nSPS) is 9.80. The molecule has 0 aliphatic heterocycles. The van der Waals surface area contributed by atoms with Crippen LogP contribution in [0.25, 0.3) is 0 Å². The van der Waals surface area contributed by atoms with Gasteiger partial charge < -0.3 is 15.8 Å². The van der Waals surface area contributed by atoms with Gasteiger partial charge in [0.1, 0.15) is 6.54 Å². The lowest BCUT2D eigenvalue weighted by Crippen LogP contribution is -2.15. The van der Waals surface area contributed by atoms with Crippen LogP contribution < -0.4 is 11.1 Å². The van der Waals surface area contributed by atoms with Gasteiger partial charge in [-0.1, -0.05) is 0 Å². The van der Waals surface area contributed by atoms with Crippen molar-refractivity contribution >= 4 is 33.3 Å². The largest absolute Gasteiger partial charge is 0.468 e. The van der Waals surface area contributed by atoms with Crippen molar-refractivity contribution in [1.29, 1.82) is 0 Å². The molecule has 1 rings (SSSR count). The molecule has 1 aromatic rings. The fourth-order valence-electron chi connectivity index (χ4n) is 1.07. The molecule has 0 aliphatic carbocycles. The van der Waals surface area contributed by atoms with E-state index >= 15 is 0 Å². The fraction of sp³-hybridized carbons (Fsp3) is 0.300. The first-order chi connectivity index (χ1) is 7.04. The number of nitrogen functional groups attached to an aromatic ring is 1. The Morgan fingerprint density at radius 3 is 2.87 bits per heavy atom. The smallest absolute Gasteiger partial charge is 0.325 e. The zero-order valence-corrected chi connectivity index (χ0v) is 10.2. The van der Waals surface area contributed by atoms with Gasteiger partial charge in [-0.15, -0.1) is 0 Å². The molecule has 15 heavy (non-hydrogen) atoms. The summed E-state index contributed by atoms with van der Waals surface area (Å²) >= 11 is 3.36. The van der Waals surface area contributed by atoms with Crippen molar-refractivity contribution in [2.24, 2.45) is 0 Å². The fourth-order valence-corrected chi connectivity index (χ4v) is 1.57. The Morgan fingerprint density at radius 2 is 2.27 bits per heavy atom. The minimum absolute atomic E-state index is 0.137. The van der Waals surface area contributed by atoms with E-state index in [1.165, 1.54) is 7.11 Å². The van der Waals surface area contributed by atoms with Crippen molar-refractivity contribution in [3.05, 3.63) is 22.2 Å². The van der Waals surface area contributed by atoms with Crippen LogP contribution in [0.5, 0.6) is 0 Å². The quantitative estimate of drug-likeness (QED) is 0.652. The number of anilines is 2. The van der Waals surface area contributed by atoms with E-state index in [0.717, 1.165) is 15.7 Å². The number of nitrogens with two attached hydrogens (primary N) is 1. The monoisotopic (exact) mass is 272 g/mol. The van der Waals surface area contributed by atoms with Crippen LogP contribution >= 0.6 is 15.9 Å². The van der Waals surface area contributed by atoms with E-state index in [4.69, 9.17) is 5.73 Å². The summed E-state index contributed by atoms with van der Waals surface area (Å²) in [5, 5.41) is 2.95. The molecule has 82 valence electrons. The van der Waals surface area contributed by atoms with Crippen LogP contribution in [0.2, 0.25) is 0 Å². The van der Waals surface area contributed by atoms with Gasteiger partial charge in [0.25, 0.3) is 0 Å². The molecule has 0 aromatic heterocycles. The molecule has 3 N–H and O–H groups in total. The first-order valence-electron chi connectivity index (χ1n) is 4.41. The first kappa shape index (κ1) is 11.8. The molecular weight excluding hydrogens is 260 g/mol. The second-order valence-corrected chi connectivity index (χ2v) is 3.97. The van der Waals surface area contributed by atoms with Gasteiger partial charge in [-0.05, 0) is 40.5 Å². The lowest BCUT2D eigenvalue weighted by atomic mass is 10.2. The minimum atomic E-state index is -0.309. The van der Waals surface area contributed by atoms with Gasteiger partial charge in [-0.2, -0.15) is 0 Å². The molecule has 0 bridgehead atoms.